The lowest BCUT2D eigenvalue weighted by Crippen LogP contribution is -2.00. The lowest BCUT2D eigenvalue weighted by Gasteiger charge is -2.09. The van der Waals surface area contributed by atoms with Crippen molar-refractivity contribution in [2.24, 2.45) is 0 Å². The summed E-state index contributed by atoms with van der Waals surface area (Å²) in [5.74, 6) is 0.719. The van der Waals surface area contributed by atoms with Crippen LogP contribution in [-0.2, 0) is 6.61 Å². The van der Waals surface area contributed by atoms with Gasteiger partial charge in [-0.2, -0.15) is 0 Å². The minimum absolute atomic E-state index is 0.0521. The van der Waals surface area contributed by atoms with Gasteiger partial charge in [0.05, 0.1) is 30.0 Å². The van der Waals surface area contributed by atoms with Crippen LogP contribution in [0.15, 0.2) is 36.8 Å². The first-order chi connectivity index (χ1) is 9.20. The number of hydrogen-bond acceptors (Lipinski definition) is 6. The number of non-ortho nitro benzene ring substituents is 1. The molecular weight excluding hydrogens is 250 g/mol. The summed E-state index contributed by atoms with van der Waals surface area (Å²) in [5.41, 5.74) is 0.603. The van der Waals surface area contributed by atoms with Crippen LogP contribution in [0, 0.1) is 10.1 Å². The average molecular weight is 261 g/mol. The molecule has 1 heterocycles. The number of hydrogen-bond donors (Lipinski definition) is 0. The van der Waals surface area contributed by atoms with Crippen molar-refractivity contribution in [3.63, 3.8) is 0 Å². The third-order valence-electron chi connectivity index (χ3n) is 2.35. The Balaban J connectivity index is 2.14. The molecule has 0 spiro atoms. The quantitative estimate of drug-likeness (QED) is 0.604. The summed E-state index contributed by atoms with van der Waals surface area (Å²) in [6.45, 7) is 0.210. The van der Waals surface area contributed by atoms with Gasteiger partial charge in [-0.05, 0) is 6.07 Å². The molecule has 0 aliphatic rings. The molecule has 0 saturated heterocycles. The molecular formula is C12H11N3O4. The van der Waals surface area contributed by atoms with E-state index in [1.54, 1.807) is 18.6 Å². The smallest absolute Gasteiger partial charge is 0.273 e. The molecule has 1 aromatic heterocycles. The molecule has 7 nitrogen and oxygen atoms in total. The number of rotatable bonds is 5. The van der Waals surface area contributed by atoms with Crippen molar-refractivity contribution in [2.75, 3.05) is 7.11 Å². The molecule has 2 rings (SSSR count). The van der Waals surface area contributed by atoms with Gasteiger partial charge in [0.1, 0.15) is 6.61 Å². The summed E-state index contributed by atoms with van der Waals surface area (Å²) in [4.78, 5) is 18.1. The molecule has 0 radical (unpaired) electrons. The zero-order chi connectivity index (χ0) is 13.7. The van der Waals surface area contributed by atoms with E-state index in [9.17, 15) is 10.1 Å². The highest BCUT2D eigenvalue weighted by atomic mass is 16.6. The topological polar surface area (TPSA) is 87.4 Å². The molecule has 0 N–H and O–H groups in total. The Bertz CT molecular complexity index is 574. The van der Waals surface area contributed by atoms with Gasteiger partial charge in [-0.15, -0.1) is 0 Å². The highest BCUT2D eigenvalue weighted by Crippen LogP contribution is 2.31. The van der Waals surface area contributed by atoms with Crippen LogP contribution in [0.3, 0.4) is 0 Å². The SMILES string of the molecule is COc1cc([N+](=O)[O-])ccc1OCc1cnccn1. The Hall–Kier alpha value is -2.70. The van der Waals surface area contributed by atoms with Crippen molar-refractivity contribution >= 4 is 5.69 Å². The average Bonchev–Trinajstić information content (AvgIpc) is 2.45. The predicted octanol–water partition coefficient (Wildman–Crippen LogP) is 1.97. The lowest BCUT2D eigenvalue weighted by atomic mass is 10.3. The monoisotopic (exact) mass is 261 g/mol. The molecule has 0 unspecified atom stereocenters. The molecule has 0 aliphatic carbocycles. The maximum absolute atomic E-state index is 10.7. The van der Waals surface area contributed by atoms with Gasteiger partial charge in [0.2, 0.25) is 0 Å². The zero-order valence-corrected chi connectivity index (χ0v) is 10.1. The van der Waals surface area contributed by atoms with Crippen LogP contribution in [-0.4, -0.2) is 22.0 Å². The van der Waals surface area contributed by atoms with E-state index in [-0.39, 0.29) is 12.3 Å². The van der Waals surface area contributed by atoms with Crippen molar-refractivity contribution < 1.29 is 14.4 Å². The van der Waals surface area contributed by atoms with Crippen LogP contribution in [0.1, 0.15) is 5.69 Å². The van der Waals surface area contributed by atoms with E-state index in [1.165, 1.54) is 25.3 Å². The van der Waals surface area contributed by atoms with E-state index in [0.717, 1.165) is 0 Å². The van der Waals surface area contributed by atoms with E-state index in [2.05, 4.69) is 9.97 Å². The van der Waals surface area contributed by atoms with E-state index in [1.807, 2.05) is 0 Å². The fourth-order valence-electron chi connectivity index (χ4n) is 1.45. The Kier molecular flexibility index (Phi) is 3.87. The second-order valence-electron chi connectivity index (χ2n) is 3.58. The number of nitro benzene ring substituents is 1. The number of nitrogens with zero attached hydrogens (tertiary/aromatic N) is 3. The fourth-order valence-corrected chi connectivity index (χ4v) is 1.45. The molecule has 0 aliphatic heterocycles. The normalized spacial score (nSPS) is 9.95. The van der Waals surface area contributed by atoms with Crippen LogP contribution in [0.2, 0.25) is 0 Å². The van der Waals surface area contributed by atoms with Gasteiger partial charge in [-0.25, -0.2) is 0 Å². The van der Waals surface area contributed by atoms with Crippen molar-refractivity contribution in [3.8, 4) is 11.5 Å². The molecule has 0 amide bonds. The molecule has 19 heavy (non-hydrogen) atoms. The number of ether oxygens (including phenoxy) is 2. The van der Waals surface area contributed by atoms with Crippen molar-refractivity contribution in [2.45, 2.75) is 6.61 Å². The first kappa shape index (κ1) is 12.7. The maximum Gasteiger partial charge on any atom is 0.273 e. The summed E-state index contributed by atoms with van der Waals surface area (Å²) in [7, 11) is 1.42. The minimum Gasteiger partial charge on any atom is -0.493 e. The fraction of sp³-hybridized carbons (Fsp3) is 0.167. The van der Waals surface area contributed by atoms with Gasteiger partial charge < -0.3 is 9.47 Å². The Morgan fingerprint density at radius 2 is 2.16 bits per heavy atom. The highest BCUT2D eigenvalue weighted by Gasteiger charge is 2.12. The maximum atomic E-state index is 10.7. The van der Waals surface area contributed by atoms with Gasteiger partial charge in [-0.1, -0.05) is 0 Å². The van der Waals surface area contributed by atoms with E-state index < -0.39 is 4.92 Å². The van der Waals surface area contributed by atoms with E-state index in [0.29, 0.717) is 17.2 Å². The van der Waals surface area contributed by atoms with Gasteiger partial charge in [0, 0.05) is 18.5 Å². The highest BCUT2D eigenvalue weighted by molar-refractivity contribution is 5.48. The molecule has 0 bridgehead atoms. The molecule has 0 fully saturated rings. The molecule has 0 saturated carbocycles. The lowest BCUT2D eigenvalue weighted by molar-refractivity contribution is -0.385. The third-order valence-corrected chi connectivity index (χ3v) is 2.35. The van der Waals surface area contributed by atoms with E-state index in [4.69, 9.17) is 9.47 Å². The number of aromatic nitrogens is 2. The zero-order valence-electron chi connectivity index (χ0n) is 10.1. The summed E-state index contributed by atoms with van der Waals surface area (Å²) >= 11 is 0. The van der Waals surface area contributed by atoms with Crippen LogP contribution < -0.4 is 9.47 Å². The summed E-state index contributed by atoms with van der Waals surface area (Å²) in [5, 5.41) is 10.7. The van der Waals surface area contributed by atoms with Gasteiger partial charge >= 0.3 is 0 Å². The third kappa shape index (κ3) is 3.15. The number of benzene rings is 1. The Labute approximate surface area is 109 Å². The standard InChI is InChI=1S/C12H11N3O4/c1-18-12-6-10(15(16)17)2-3-11(12)19-8-9-7-13-4-5-14-9/h2-7H,8H2,1H3. The van der Waals surface area contributed by atoms with Gasteiger partial charge in [0.15, 0.2) is 11.5 Å². The molecule has 2 aromatic rings. The van der Waals surface area contributed by atoms with Crippen LogP contribution in [0.4, 0.5) is 5.69 Å². The summed E-state index contributed by atoms with van der Waals surface area (Å²) in [6, 6.07) is 4.16. The number of nitro groups is 1. The first-order valence-corrected chi connectivity index (χ1v) is 5.41. The molecule has 7 heteroatoms. The van der Waals surface area contributed by atoms with Crippen molar-refractivity contribution in [1.29, 1.82) is 0 Å². The van der Waals surface area contributed by atoms with Crippen molar-refractivity contribution in [3.05, 3.63) is 52.6 Å². The van der Waals surface area contributed by atoms with Gasteiger partial charge in [0.25, 0.3) is 5.69 Å². The van der Waals surface area contributed by atoms with Crippen LogP contribution >= 0.6 is 0 Å². The van der Waals surface area contributed by atoms with Crippen LogP contribution in [0.5, 0.6) is 11.5 Å². The predicted molar refractivity (Wildman–Crippen MR) is 66.0 cm³/mol. The molecule has 1 aromatic carbocycles. The van der Waals surface area contributed by atoms with Crippen molar-refractivity contribution in [1.82, 2.24) is 9.97 Å². The second kappa shape index (κ2) is 5.76. The first-order valence-electron chi connectivity index (χ1n) is 5.41. The molecule has 0 atom stereocenters. The van der Waals surface area contributed by atoms with E-state index >= 15 is 0 Å². The van der Waals surface area contributed by atoms with Crippen LogP contribution in [0.25, 0.3) is 0 Å². The Morgan fingerprint density at radius 1 is 1.32 bits per heavy atom. The largest absolute Gasteiger partial charge is 0.493 e. The second-order valence-corrected chi connectivity index (χ2v) is 3.58. The van der Waals surface area contributed by atoms with Gasteiger partial charge in [-0.3, -0.25) is 20.1 Å². The molecule has 98 valence electrons. The summed E-state index contributed by atoms with van der Waals surface area (Å²) < 4.78 is 10.6. The summed E-state index contributed by atoms with van der Waals surface area (Å²) in [6.07, 6.45) is 4.71. The Morgan fingerprint density at radius 3 is 2.79 bits per heavy atom. The minimum atomic E-state index is -0.491. The number of methoxy groups -OCH3 is 1.